The summed E-state index contributed by atoms with van der Waals surface area (Å²) in [4.78, 5) is 14.6. The average Bonchev–Trinajstić information content (AvgIpc) is 3.10. The van der Waals surface area contributed by atoms with E-state index in [2.05, 4.69) is 30.8 Å². The smallest absolute Gasteiger partial charge is 0.229 e. The Labute approximate surface area is 138 Å². The second-order valence-electron chi connectivity index (χ2n) is 5.86. The van der Waals surface area contributed by atoms with Crippen LogP contribution in [0.15, 0.2) is 42.5 Å². The van der Waals surface area contributed by atoms with E-state index in [-0.39, 0.29) is 11.8 Å². The maximum Gasteiger partial charge on any atom is 0.229 e. The number of fused-ring (bicyclic) bond motifs is 1. The highest BCUT2D eigenvalue weighted by molar-refractivity contribution is 5.93. The average molecular weight is 323 g/mol. The minimum Gasteiger partial charge on any atom is -0.354 e. The summed E-state index contributed by atoms with van der Waals surface area (Å²) in [5.41, 5.74) is 1.43. The van der Waals surface area contributed by atoms with E-state index in [9.17, 15) is 4.79 Å². The van der Waals surface area contributed by atoms with Crippen molar-refractivity contribution in [3.8, 4) is 0 Å². The van der Waals surface area contributed by atoms with Gasteiger partial charge < -0.3 is 10.2 Å². The number of para-hydroxylation sites is 1. The molecule has 3 heterocycles. The standard InChI is InChI=1S/C16H17N7O/c24-16(17-13-6-2-1-3-7-13)12-5-4-10-22(11-12)15-9-8-14-18-20-21-23(14)19-15/h1-3,6-9,12H,4-5,10-11H2,(H,17,24)/t12-/m1/s1. The number of nitrogens with zero attached hydrogens (tertiary/aromatic N) is 6. The molecule has 0 saturated carbocycles. The van der Waals surface area contributed by atoms with Crippen molar-refractivity contribution in [2.45, 2.75) is 12.8 Å². The Kier molecular flexibility index (Phi) is 3.78. The third kappa shape index (κ3) is 2.90. The lowest BCUT2D eigenvalue weighted by molar-refractivity contribution is -0.120. The van der Waals surface area contributed by atoms with Crippen LogP contribution in [0.5, 0.6) is 0 Å². The van der Waals surface area contributed by atoms with E-state index in [1.165, 1.54) is 4.63 Å². The fourth-order valence-corrected chi connectivity index (χ4v) is 2.97. The molecular formula is C16H17N7O. The van der Waals surface area contributed by atoms with E-state index in [4.69, 9.17) is 0 Å². The van der Waals surface area contributed by atoms with Crippen LogP contribution in [0.25, 0.3) is 5.65 Å². The lowest BCUT2D eigenvalue weighted by Crippen LogP contribution is -2.41. The van der Waals surface area contributed by atoms with Gasteiger partial charge in [-0.15, -0.1) is 14.8 Å². The molecule has 1 saturated heterocycles. The van der Waals surface area contributed by atoms with Gasteiger partial charge in [-0.05, 0) is 47.5 Å². The number of carbonyl (C=O) groups excluding carboxylic acids is 1. The number of benzene rings is 1. The molecule has 3 aromatic rings. The van der Waals surface area contributed by atoms with Crippen LogP contribution in [-0.2, 0) is 4.79 Å². The van der Waals surface area contributed by atoms with Gasteiger partial charge in [0.15, 0.2) is 11.5 Å². The van der Waals surface area contributed by atoms with Crippen LogP contribution in [-0.4, -0.2) is 44.3 Å². The van der Waals surface area contributed by atoms with Crippen LogP contribution in [0.2, 0.25) is 0 Å². The van der Waals surface area contributed by atoms with Crippen LogP contribution in [0, 0.1) is 5.92 Å². The number of rotatable bonds is 3. The molecule has 0 spiro atoms. The van der Waals surface area contributed by atoms with Gasteiger partial charge in [-0.2, -0.15) is 0 Å². The molecule has 1 atom stereocenters. The Bertz CT molecular complexity index is 848. The van der Waals surface area contributed by atoms with Crippen LogP contribution in [0.3, 0.4) is 0 Å². The van der Waals surface area contributed by atoms with Crippen molar-refractivity contribution in [1.82, 2.24) is 25.3 Å². The normalized spacial score (nSPS) is 17.8. The number of hydrogen-bond acceptors (Lipinski definition) is 6. The number of tetrazole rings is 1. The van der Waals surface area contributed by atoms with Gasteiger partial charge in [0.05, 0.1) is 5.92 Å². The molecular weight excluding hydrogens is 306 g/mol. The highest BCUT2D eigenvalue weighted by atomic mass is 16.1. The quantitative estimate of drug-likeness (QED) is 0.783. The predicted octanol–water partition coefficient (Wildman–Crippen LogP) is 1.37. The molecule has 0 bridgehead atoms. The maximum absolute atomic E-state index is 12.5. The Morgan fingerprint density at radius 1 is 1.17 bits per heavy atom. The maximum atomic E-state index is 12.5. The van der Waals surface area contributed by atoms with Gasteiger partial charge in [0.25, 0.3) is 0 Å². The van der Waals surface area contributed by atoms with Crippen molar-refractivity contribution in [3.63, 3.8) is 0 Å². The van der Waals surface area contributed by atoms with E-state index in [1.54, 1.807) is 0 Å². The molecule has 8 nitrogen and oxygen atoms in total. The molecule has 4 rings (SSSR count). The third-order valence-electron chi connectivity index (χ3n) is 4.21. The Hall–Kier alpha value is -3.03. The summed E-state index contributed by atoms with van der Waals surface area (Å²) in [6.45, 7) is 1.51. The van der Waals surface area contributed by atoms with Gasteiger partial charge in [0.1, 0.15) is 0 Å². The Morgan fingerprint density at radius 3 is 2.92 bits per heavy atom. The number of hydrogen-bond donors (Lipinski definition) is 1. The zero-order valence-corrected chi connectivity index (χ0v) is 13.0. The summed E-state index contributed by atoms with van der Waals surface area (Å²) in [5.74, 6) is 0.770. The first-order valence-corrected chi connectivity index (χ1v) is 7.96. The van der Waals surface area contributed by atoms with Gasteiger partial charge in [-0.3, -0.25) is 4.79 Å². The monoisotopic (exact) mass is 323 g/mol. The van der Waals surface area contributed by atoms with E-state index in [0.717, 1.165) is 30.9 Å². The molecule has 1 N–H and O–H groups in total. The van der Waals surface area contributed by atoms with E-state index in [1.807, 2.05) is 42.5 Å². The second-order valence-corrected chi connectivity index (χ2v) is 5.86. The minimum absolute atomic E-state index is 0.0504. The molecule has 122 valence electrons. The highest BCUT2D eigenvalue weighted by Gasteiger charge is 2.27. The van der Waals surface area contributed by atoms with Crippen LogP contribution in [0.4, 0.5) is 11.5 Å². The van der Waals surface area contributed by atoms with Crippen molar-refractivity contribution in [1.29, 1.82) is 0 Å². The topological polar surface area (TPSA) is 88.3 Å². The largest absolute Gasteiger partial charge is 0.354 e. The van der Waals surface area contributed by atoms with Crippen molar-refractivity contribution in [3.05, 3.63) is 42.5 Å². The van der Waals surface area contributed by atoms with Gasteiger partial charge in [0.2, 0.25) is 5.91 Å². The molecule has 1 aliphatic rings. The van der Waals surface area contributed by atoms with Crippen molar-refractivity contribution >= 4 is 23.1 Å². The lowest BCUT2D eigenvalue weighted by Gasteiger charge is -2.32. The fraction of sp³-hybridized carbons (Fsp3) is 0.312. The second kappa shape index (κ2) is 6.23. The molecule has 0 unspecified atom stereocenters. The SMILES string of the molecule is O=C(Nc1ccccc1)[C@@H]1CCCN(c2ccc3nnnn3n2)C1. The zero-order valence-electron chi connectivity index (χ0n) is 13.0. The molecule has 8 heteroatoms. The van der Waals surface area contributed by atoms with Gasteiger partial charge >= 0.3 is 0 Å². The molecule has 1 aromatic carbocycles. The fourth-order valence-electron chi connectivity index (χ4n) is 2.97. The first-order valence-electron chi connectivity index (χ1n) is 7.96. The summed E-state index contributed by atoms with van der Waals surface area (Å²) >= 11 is 0. The number of carbonyl (C=O) groups is 1. The molecule has 1 fully saturated rings. The minimum atomic E-state index is -0.0645. The molecule has 0 aliphatic carbocycles. The lowest BCUT2D eigenvalue weighted by atomic mass is 9.97. The number of amides is 1. The predicted molar refractivity (Wildman–Crippen MR) is 88.6 cm³/mol. The van der Waals surface area contributed by atoms with E-state index in [0.29, 0.717) is 12.2 Å². The zero-order chi connectivity index (χ0) is 16.4. The van der Waals surface area contributed by atoms with Crippen molar-refractivity contribution < 1.29 is 4.79 Å². The highest BCUT2D eigenvalue weighted by Crippen LogP contribution is 2.22. The van der Waals surface area contributed by atoms with E-state index < -0.39 is 0 Å². The van der Waals surface area contributed by atoms with E-state index >= 15 is 0 Å². The summed E-state index contributed by atoms with van der Waals surface area (Å²) < 4.78 is 1.41. The first kappa shape index (κ1) is 14.6. The summed E-state index contributed by atoms with van der Waals surface area (Å²) in [7, 11) is 0. The van der Waals surface area contributed by atoms with Crippen molar-refractivity contribution in [2.75, 3.05) is 23.3 Å². The molecule has 2 aromatic heterocycles. The summed E-state index contributed by atoms with van der Waals surface area (Å²) in [5, 5.41) is 18.7. The Balaban J connectivity index is 1.47. The molecule has 1 amide bonds. The number of anilines is 2. The number of piperidine rings is 1. The van der Waals surface area contributed by atoms with Gasteiger partial charge in [-0.25, -0.2) is 0 Å². The van der Waals surface area contributed by atoms with Crippen LogP contribution >= 0.6 is 0 Å². The summed E-state index contributed by atoms with van der Waals surface area (Å²) in [6.07, 6.45) is 1.82. The van der Waals surface area contributed by atoms with Gasteiger partial charge in [0, 0.05) is 18.8 Å². The molecule has 0 radical (unpaired) electrons. The van der Waals surface area contributed by atoms with Crippen LogP contribution in [0.1, 0.15) is 12.8 Å². The number of aromatic nitrogens is 5. The third-order valence-corrected chi connectivity index (χ3v) is 4.21. The van der Waals surface area contributed by atoms with Gasteiger partial charge in [-0.1, -0.05) is 18.2 Å². The molecule has 1 aliphatic heterocycles. The molecule has 24 heavy (non-hydrogen) atoms. The van der Waals surface area contributed by atoms with Crippen LogP contribution < -0.4 is 10.2 Å². The summed E-state index contributed by atoms with van der Waals surface area (Å²) in [6, 6.07) is 13.3. The van der Waals surface area contributed by atoms with Crippen molar-refractivity contribution in [2.24, 2.45) is 5.92 Å². The first-order chi connectivity index (χ1) is 11.8. The number of nitrogens with one attached hydrogen (secondary N) is 1. The Morgan fingerprint density at radius 2 is 2.04 bits per heavy atom.